The molecule has 0 radical (unpaired) electrons. The summed E-state index contributed by atoms with van der Waals surface area (Å²) >= 11 is 0. The van der Waals surface area contributed by atoms with Gasteiger partial charge >= 0.3 is 0 Å². The average Bonchev–Trinajstić information content (AvgIpc) is 2.90. The Labute approximate surface area is 204 Å². The van der Waals surface area contributed by atoms with E-state index in [9.17, 15) is 14.9 Å². The fourth-order valence-electron chi connectivity index (χ4n) is 4.04. The zero-order valence-electron chi connectivity index (χ0n) is 19.7. The quantitative estimate of drug-likeness (QED) is 0.369. The molecule has 2 aromatic carbocycles. The summed E-state index contributed by atoms with van der Waals surface area (Å²) in [5.74, 6) is 0.646. The number of nitro groups is 1. The molecule has 0 bridgehead atoms. The smallest absolute Gasteiger partial charge is 0.293 e. The fourth-order valence-corrected chi connectivity index (χ4v) is 4.04. The maximum atomic E-state index is 13.1. The predicted molar refractivity (Wildman–Crippen MR) is 134 cm³/mol. The Morgan fingerprint density at radius 3 is 2.51 bits per heavy atom. The van der Waals surface area contributed by atoms with E-state index < -0.39 is 4.92 Å². The van der Waals surface area contributed by atoms with Crippen LogP contribution in [0.5, 0.6) is 5.75 Å². The Morgan fingerprint density at radius 1 is 1.09 bits per heavy atom. The molecule has 1 saturated heterocycles. The van der Waals surface area contributed by atoms with Crippen molar-refractivity contribution in [2.45, 2.75) is 13.0 Å². The van der Waals surface area contributed by atoms with Crippen LogP contribution in [0.15, 0.2) is 72.9 Å². The highest BCUT2D eigenvalue weighted by atomic mass is 16.6. The van der Waals surface area contributed by atoms with Gasteiger partial charge < -0.3 is 15.0 Å². The number of carbonyl (C=O) groups is 1. The molecule has 0 spiro atoms. The summed E-state index contributed by atoms with van der Waals surface area (Å²) in [4.78, 5) is 32.6. The highest BCUT2D eigenvalue weighted by Crippen LogP contribution is 2.29. The lowest BCUT2D eigenvalue weighted by Gasteiger charge is -2.34. The molecule has 182 valence electrons. The first-order chi connectivity index (χ1) is 17.0. The molecule has 9 nitrogen and oxygen atoms in total. The molecule has 2 heterocycles. The second-order valence-electron chi connectivity index (χ2n) is 8.41. The highest BCUT2D eigenvalue weighted by molar-refractivity contribution is 5.95. The van der Waals surface area contributed by atoms with E-state index >= 15 is 0 Å². The Balaban J connectivity index is 1.33. The van der Waals surface area contributed by atoms with Crippen LogP contribution in [0.4, 0.5) is 11.4 Å². The maximum absolute atomic E-state index is 13.1. The molecular weight excluding hydrogens is 446 g/mol. The maximum Gasteiger partial charge on any atom is 0.293 e. The number of hydrogen-bond donors (Lipinski definition) is 1. The molecular formula is C26H29N5O4. The lowest BCUT2D eigenvalue weighted by Crippen LogP contribution is -2.49. The summed E-state index contributed by atoms with van der Waals surface area (Å²) in [6.07, 6.45) is 1.68. The normalized spacial score (nSPS) is 14.8. The van der Waals surface area contributed by atoms with Crippen molar-refractivity contribution in [2.75, 3.05) is 44.6 Å². The van der Waals surface area contributed by atoms with Gasteiger partial charge in [0.05, 0.1) is 16.7 Å². The van der Waals surface area contributed by atoms with Crippen molar-refractivity contribution >= 4 is 17.3 Å². The second-order valence-corrected chi connectivity index (χ2v) is 8.41. The number of benzene rings is 2. The van der Waals surface area contributed by atoms with Crippen LogP contribution < -0.4 is 10.1 Å². The van der Waals surface area contributed by atoms with Crippen LogP contribution in [-0.4, -0.2) is 64.9 Å². The lowest BCUT2D eigenvalue weighted by atomic mass is 10.1. The van der Waals surface area contributed by atoms with Crippen molar-refractivity contribution in [1.29, 1.82) is 0 Å². The van der Waals surface area contributed by atoms with Gasteiger partial charge in [-0.25, -0.2) is 0 Å². The number of rotatable bonds is 9. The van der Waals surface area contributed by atoms with Crippen molar-refractivity contribution in [2.24, 2.45) is 0 Å². The number of ether oxygens (including phenoxy) is 1. The van der Waals surface area contributed by atoms with Gasteiger partial charge in [-0.1, -0.05) is 24.3 Å². The largest absolute Gasteiger partial charge is 0.492 e. The van der Waals surface area contributed by atoms with E-state index in [4.69, 9.17) is 4.74 Å². The molecule has 3 aromatic rings. The number of pyridine rings is 1. The fraction of sp³-hybridized carbons (Fsp3) is 0.308. The topological polar surface area (TPSA) is 101 Å². The molecule has 1 aliphatic heterocycles. The molecule has 4 rings (SSSR count). The van der Waals surface area contributed by atoms with Crippen LogP contribution in [0.1, 0.15) is 29.0 Å². The third kappa shape index (κ3) is 6.33. The van der Waals surface area contributed by atoms with Crippen molar-refractivity contribution in [1.82, 2.24) is 14.8 Å². The van der Waals surface area contributed by atoms with Crippen LogP contribution >= 0.6 is 0 Å². The molecule has 1 aliphatic rings. The number of anilines is 1. The van der Waals surface area contributed by atoms with Gasteiger partial charge in [-0.05, 0) is 43.3 Å². The number of carbonyl (C=O) groups excluding carboxylic acids is 1. The minimum atomic E-state index is -0.463. The van der Waals surface area contributed by atoms with Gasteiger partial charge in [0.1, 0.15) is 18.0 Å². The third-order valence-electron chi connectivity index (χ3n) is 6.02. The van der Waals surface area contributed by atoms with Gasteiger partial charge in [0.15, 0.2) is 0 Å². The molecule has 1 fully saturated rings. The number of nitrogens with one attached hydrogen (secondary N) is 1. The van der Waals surface area contributed by atoms with Crippen molar-refractivity contribution in [3.8, 4) is 5.75 Å². The minimum absolute atomic E-state index is 0.129. The van der Waals surface area contributed by atoms with E-state index in [1.165, 1.54) is 6.07 Å². The van der Waals surface area contributed by atoms with Gasteiger partial charge in [0, 0.05) is 50.6 Å². The predicted octanol–water partition coefficient (Wildman–Crippen LogP) is 4.00. The molecule has 1 N–H and O–H groups in total. The van der Waals surface area contributed by atoms with Gasteiger partial charge in [0.2, 0.25) is 0 Å². The van der Waals surface area contributed by atoms with E-state index in [0.717, 1.165) is 31.1 Å². The molecule has 1 unspecified atom stereocenters. The van der Waals surface area contributed by atoms with E-state index in [0.29, 0.717) is 30.9 Å². The number of amides is 1. The molecule has 1 aromatic heterocycles. The number of piperazine rings is 1. The number of aromatic nitrogens is 1. The van der Waals surface area contributed by atoms with Crippen molar-refractivity contribution in [3.05, 3.63) is 94.3 Å². The summed E-state index contributed by atoms with van der Waals surface area (Å²) in [7, 11) is 0. The van der Waals surface area contributed by atoms with Crippen LogP contribution in [0, 0.1) is 10.1 Å². The molecule has 0 saturated carbocycles. The van der Waals surface area contributed by atoms with Crippen LogP contribution in [0.2, 0.25) is 0 Å². The first-order valence-corrected chi connectivity index (χ1v) is 11.7. The summed E-state index contributed by atoms with van der Waals surface area (Å²) in [5, 5.41) is 14.9. The number of nitrogens with zero attached hydrogens (tertiary/aromatic N) is 4. The standard InChI is InChI=1S/C26H29N5O4/c1-20(23-9-5-6-12-27-23)28-24-11-10-21(19-25(24)31(33)34)26(32)30-15-13-29(14-16-30)17-18-35-22-7-3-2-4-8-22/h2-12,19-20,28H,13-18H2,1H3. The average molecular weight is 476 g/mol. The monoisotopic (exact) mass is 475 g/mol. The Bertz CT molecular complexity index is 1130. The summed E-state index contributed by atoms with van der Waals surface area (Å²) < 4.78 is 5.76. The van der Waals surface area contributed by atoms with Crippen LogP contribution in [0.25, 0.3) is 0 Å². The minimum Gasteiger partial charge on any atom is -0.492 e. The zero-order valence-corrected chi connectivity index (χ0v) is 19.7. The molecule has 1 amide bonds. The second kappa shape index (κ2) is 11.4. The Morgan fingerprint density at radius 2 is 1.83 bits per heavy atom. The SMILES string of the molecule is CC(Nc1ccc(C(=O)N2CCN(CCOc3ccccc3)CC2)cc1[N+](=O)[O-])c1ccccn1. The highest BCUT2D eigenvalue weighted by Gasteiger charge is 2.25. The molecule has 1 atom stereocenters. The van der Waals surface area contributed by atoms with E-state index in [1.807, 2.05) is 55.5 Å². The third-order valence-corrected chi connectivity index (χ3v) is 6.02. The molecule has 9 heteroatoms. The lowest BCUT2D eigenvalue weighted by molar-refractivity contribution is -0.384. The number of para-hydroxylation sites is 1. The first-order valence-electron chi connectivity index (χ1n) is 11.7. The van der Waals surface area contributed by atoms with Crippen LogP contribution in [-0.2, 0) is 0 Å². The van der Waals surface area contributed by atoms with E-state index in [2.05, 4.69) is 15.2 Å². The van der Waals surface area contributed by atoms with Crippen molar-refractivity contribution in [3.63, 3.8) is 0 Å². The summed E-state index contributed by atoms with van der Waals surface area (Å²) in [6.45, 7) is 5.83. The van der Waals surface area contributed by atoms with E-state index in [1.54, 1.807) is 23.2 Å². The molecule has 35 heavy (non-hydrogen) atoms. The van der Waals surface area contributed by atoms with Gasteiger partial charge in [-0.15, -0.1) is 0 Å². The summed E-state index contributed by atoms with van der Waals surface area (Å²) in [5.41, 5.74) is 1.31. The van der Waals surface area contributed by atoms with Gasteiger partial charge in [0.25, 0.3) is 11.6 Å². The summed E-state index contributed by atoms with van der Waals surface area (Å²) in [6, 6.07) is 19.6. The zero-order chi connectivity index (χ0) is 24.6. The van der Waals surface area contributed by atoms with Crippen molar-refractivity contribution < 1.29 is 14.5 Å². The molecule has 0 aliphatic carbocycles. The Kier molecular flexibility index (Phi) is 7.89. The Hall–Kier alpha value is -3.98. The first kappa shape index (κ1) is 24.2. The van der Waals surface area contributed by atoms with Gasteiger partial charge in [-0.2, -0.15) is 0 Å². The van der Waals surface area contributed by atoms with E-state index in [-0.39, 0.29) is 17.6 Å². The van der Waals surface area contributed by atoms with Crippen LogP contribution in [0.3, 0.4) is 0 Å². The number of nitro benzene ring substituents is 1. The number of hydrogen-bond acceptors (Lipinski definition) is 7. The van der Waals surface area contributed by atoms with Gasteiger partial charge in [-0.3, -0.25) is 24.8 Å².